The van der Waals surface area contributed by atoms with E-state index < -0.39 is 23.4 Å². The fraction of sp³-hybridized carbons (Fsp3) is 0.385. The number of hydrogen-bond donors (Lipinski definition) is 2. The largest absolute Gasteiger partial charge is 0.489 e. The maximum atomic E-state index is 15.0. The van der Waals surface area contributed by atoms with Crippen molar-refractivity contribution < 1.29 is 23.8 Å². The SMILES string of the molecule is CC(C)CCOc1c(F)cc([C@]2(C)NC(=O)N(c3ccc(C(=O)O)cc3)C=C2C(C)C)cc1Cl. The second-order valence-electron chi connectivity index (χ2n) is 9.32. The summed E-state index contributed by atoms with van der Waals surface area (Å²) in [6, 6.07) is 8.57. The van der Waals surface area contributed by atoms with Gasteiger partial charge in [-0.3, -0.25) is 4.90 Å². The molecule has 0 spiro atoms. The summed E-state index contributed by atoms with van der Waals surface area (Å²) < 4.78 is 20.6. The zero-order chi connectivity index (χ0) is 25.2. The monoisotopic (exact) mass is 488 g/mol. The van der Waals surface area contributed by atoms with E-state index in [0.717, 1.165) is 12.0 Å². The van der Waals surface area contributed by atoms with Gasteiger partial charge in [-0.15, -0.1) is 0 Å². The molecule has 182 valence electrons. The zero-order valence-electron chi connectivity index (χ0n) is 20.0. The summed E-state index contributed by atoms with van der Waals surface area (Å²) >= 11 is 6.40. The van der Waals surface area contributed by atoms with Crippen LogP contribution in [0.2, 0.25) is 5.02 Å². The number of nitrogens with zero attached hydrogens (tertiary/aromatic N) is 1. The summed E-state index contributed by atoms with van der Waals surface area (Å²) in [7, 11) is 0. The Hall–Kier alpha value is -3.06. The lowest BCUT2D eigenvalue weighted by molar-refractivity contribution is 0.0697. The first kappa shape index (κ1) is 25.6. The first-order chi connectivity index (χ1) is 15.9. The molecule has 1 atom stereocenters. The Morgan fingerprint density at radius 1 is 1.21 bits per heavy atom. The molecule has 1 aliphatic rings. The van der Waals surface area contributed by atoms with Crippen molar-refractivity contribution >= 4 is 29.3 Å². The third-order valence-electron chi connectivity index (χ3n) is 5.95. The lowest BCUT2D eigenvalue weighted by Crippen LogP contribution is -2.55. The molecule has 2 amide bonds. The smallest absolute Gasteiger partial charge is 0.335 e. The topological polar surface area (TPSA) is 78.9 Å². The minimum atomic E-state index is -1.05. The maximum absolute atomic E-state index is 15.0. The highest BCUT2D eigenvalue weighted by molar-refractivity contribution is 6.32. The number of nitrogens with one attached hydrogen (secondary N) is 1. The van der Waals surface area contributed by atoms with Crippen LogP contribution in [0, 0.1) is 17.7 Å². The Kier molecular flexibility index (Phi) is 7.56. The van der Waals surface area contributed by atoms with Gasteiger partial charge in [-0.05, 0) is 72.7 Å². The van der Waals surface area contributed by atoms with Gasteiger partial charge >= 0.3 is 12.0 Å². The lowest BCUT2D eigenvalue weighted by atomic mass is 9.78. The predicted molar refractivity (Wildman–Crippen MR) is 131 cm³/mol. The molecular formula is C26H30ClFN2O4. The summed E-state index contributed by atoms with van der Waals surface area (Å²) in [5.74, 6) is -1.21. The number of halogens is 2. The van der Waals surface area contributed by atoms with Crippen molar-refractivity contribution in [3.8, 4) is 5.75 Å². The molecule has 0 bridgehead atoms. The molecule has 1 aliphatic heterocycles. The van der Waals surface area contributed by atoms with Crippen LogP contribution in [0.3, 0.4) is 0 Å². The van der Waals surface area contributed by atoms with Gasteiger partial charge in [0.1, 0.15) is 0 Å². The normalized spacial score (nSPS) is 18.2. The number of carbonyl (C=O) groups is 2. The third kappa shape index (κ3) is 5.20. The molecule has 0 saturated heterocycles. The summed E-state index contributed by atoms with van der Waals surface area (Å²) in [5, 5.41) is 12.3. The minimum absolute atomic E-state index is 0.00445. The number of ether oxygens (including phenoxy) is 1. The molecule has 0 aliphatic carbocycles. The first-order valence-corrected chi connectivity index (χ1v) is 11.6. The van der Waals surface area contributed by atoms with E-state index in [0.29, 0.717) is 23.8 Å². The van der Waals surface area contributed by atoms with Gasteiger partial charge in [-0.1, -0.05) is 39.3 Å². The van der Waals surface area contributed by atoms with Gasteiger partial charge in [-0.2, -0.15) is 0 Å². The molecule has 6 nitrogen and oxygen atoms in total. The molecule has 2 N–H and O–H groups in total. The average molecular weight is 489 g/mol. The summed E-state index contributed by atoms with van der Waals surface area (Å²) in [6.07, 6.45) is 2.49. The molecule has 34 heavy (non-hydrogen) atoms. The second-order valence-corrected chi connectivity index (χ2v) is 9.72. The number of rotatable bonds is 8. The highest BCUT2D eigenvalue weighted by atomic mass is 35.5. The van der Waals surface area contributed by atoms with Crippen molar-refractivity contribution in [2.75, 3.05) is 11.5 Å². The summed E-state index contributed by atoms with van der Waals surface area (Å²) in [6.45, 7) is 10.2. The quantitative estimate of drug-likeness (QED) is 0.439. The number of amides is 2. The molecule has 0 aromatic heterocycles. The average Bonchev–Trinajstić information content (AvgIpc) is 2.75. The third-order valence-corrected chi connectivity index (χ3v) is 6.23. The van der Waals surface area contributed by atoms with Gasteiger partial charge < -0.3 is 15.2 Å². The Morgan fingerprint density at radius 3 is 2.38 bits per heavy atom. The van der Waals surface area contributed by atoms with E-state index in [4.69, 9.17) is 21.4 Å². The molecule has 2 aromatic carbocycles. The van der Waals surface area contributed by atoms with E-state index in [9.17, 15) is 9.59 Å². The van der Waals surface area contributed by atoms with E-state index in [1.54, 1.807) is 24.4 Å². The number of carboxylic acids is 1. The van der Waals surface area contributed by atoms with Gasteiger partial charge in [0.25, 0.3) is 0 Å². The molecule has 0 saturated carbocycles. The van der Waals surface area contributed by atoms with Crippen LogP contribution in [-0.2, 0) is 5.54 Å². The van der Waals surface area contributed by atoms with Crippen molar-refractivity contribution in [2.24, 2.45) is 11.8 Å². The molecular weight excluding hydrogens is 459 g/mol. The van der Waals surface area contributed by atoms with E-state index in [1.807, 2.05) is 20.8 Å². The molecule has 0 unspecified atom stereocenters. The zero-order valence-corrected chi connectivity index (χ0v) is 20.7. The van der Waals surface area contributed by atoms with E-state index in [-0.39, 0.29) is 22.3 Å². The first-order valence-electron chi connectivity index (χ1n) is 11.2. The number of carbonyl (C=O) groups excluding carboxylic acids is 1. The second kappa shape index (κ2) is 10.1. The Balaban J connectivity index is 1.99. The molecule has 2 aromatic rings. The molecule has 0 fully saturated rings. The van der Waals surface area contributed by atoms with Crippen LogP contribution < -0.4 is 15.0 Å². The Bertz CT molecular complexity index is 1090. The van der Waals surface area contributed by atoms with Gasteiger partial charge in [0.2, 0.25) is 0 Å². The van der Waals surface area contributed by atoms with E-state index >= 15 is 4.39 Å². The van der Waals surface area contributed by atoms with Gasteiger partial charge in [-0.25, -0.2) is 14.0 Å². The van der Waals surface area contributed by atoms with Crippen LogP contribution in [0.1, 0.15) is 57.0 Å². The Labute approximate surface area is 204 Å². The van der Waals surface area contributed by atoms with E-state index in [2.05, 4.69) is 19.2 Å². The van der Waals surface area contributed by atoms with Crippen LogP contribution in [0.4, 0.5) is 14.9 Å². The molecule has 0 radical (unpaired) electrons. The number of anilines is 1. The van der Waals surface area contributed by atoms with Crippen molar-refractivity contribution in [3.05, 3.63) is 70.1 Å². The summed E-state index contributed by atoms with van der Waals surface area (Å²) in [4.78, 5) is 25.7. The van der Waals surface area contributed by atoms with E-state index in [1.165, 1.54) is 23.1 Å². The predicted octanol–water partition coefficient (Wildman–Crippen LogP) is 6.59. The van der Waals surface area contributed by atoms with Crippen LogP contribution in [0.15, 0.2) is 48.2 Å². The van der Waals surface area contributed by atoms with Crippen molar-refractivity contribution in [1.29, 1.82) is 0 Å². The fourth-order valence-electron chi connectivity index (χ4n) is 3.98. The van der Waals surface area contributed by atoms with Crippen LogP contribution >= 0.6 is 11.6 Å². The van der Waals surface area contributed by atoms with Gasteiger partial charge in [0.05, 0.1) is 28.4 Å². The maximum Gasteiger partial charge on any atom is 0.335 e. The van der Waals surface area contributed by atoms with Crippen molar-refractivity contribution in [2.45, 2.75) is 46.6 Å². The van der Waals surface area contributed by atoms with Crippen LogP contribution in [0.25, 0.3) is 0 Å². The highest BCUT2D eigenvalue weighted by Crippen LogP contribution is 2.41. The number of urea groups is 1. The molecule has 1 heterocycles. The number of benzene rings is 2. The van der Waals surface area contributed by atoms with Crippen molar-refractivity contribution in [1.82, 2.24) is 5.32 Å². The summed E-state index contributed by atoms with van der Waals surface area (Å²) in [5.41, 5.74) is 0.961. The number of carboxylic acid groups (broad SMARTS) is 1. The highest BCUT2D eigenvalue weighted by Gasteiger charge is 2.41. The molecule has 3 rings (SSSR count). The lowest BCUT2D eigenvalue weighted by Gasteiger charge is -2.42. The molecule has 8 heteroatoms. The van der Waals surface area contributed by atoms with Crippen LogP contribution in [-0.4, -0.2) is 23.7 Å². The number of hydrogen-bond acceptors (Lipinski definition) is 3. The van der Waals surface area contributed by atoms with Crippen LogP contribution in [0.5, 0.6) is 5.75 Å². The fourth-order valence-corrected chi connectivity index (χ4v) is 4.24. The number of aromatic carboxylic acids is 1. The van der Waals surface area contributed by atoms with Crippen molar-refractivity contribution in [3.63, 3.8) is 0 Å². The van der Waals surface area contributed by atoms with Gasteiger partial charge in [0, 0.05) is 6.20 Å². The standard InChI is InChI=1S/C26H30ClFN2O4/c1-15(2)10-11-34-23-21(27)12-18(13-22(23)28)26(5)20(16(3)4)14-30(25(33)29-26)19-8-6-17(7-9-19)24(31)32/h6-9,12-16H,10-11H2,1-5H3,(H,29,33)(H,31,32)/t26-/m0/s1. The Morgan fingerprint density at radius 2 is 1.85 bits per heavy atom. The van der Waals surface area contributed by atoms with Gasteiger partial charge in [0.15, 0.2) is 11.6 Å². The minimum Gasteiger partial charge on any atom is -0.489 e.